The summed E-state index contributed by atoms with van der Waals surface area (Å²) in [4.78, 5) is 1.55. The molecule has 2 nitrogen and oxygen atoms in total. The fourth-order valence-corrected chi connectivity index (χ4v) is 4.08. The quantitative estimate of drug-likeness (QED) is 0.831. The van der Waals surface area contributed by atoms with Crippen LogP contribution in [-0.2, 0) is 11.2 Å². The Hall–Kier alpha value is 0.100. The summed E-state index contributed by atoms with van der Waals surface area (Å²) in [6, 6.07) is 2.80. The van der Waals surface area contributed by atoms with E-state index >= 15 is 0 Å². The predicted octanol–water partition coefficient (Wildman–Crippen LogP) is 3.90. The van der Waals surface area contributed by atoms with Gasteiger partial charge < -0.3 is 10.1 Å². The molecule has 0 aromatic carbocycles. The van der Waals surface area contributed by atoms with E-state index in [1.807, 2.05) is 11.3 Å². The number of hydrogen-bond donors (Lipinski definition) is 1. The number of hydrogen-bond acceptors (Lipinski definition) is 3. The molecule has 1 unspecified atom stereocenters. The lowest BCUT2D eigenvalue weighted by molar-refractivity contribution is 0.0790. The largest absolute Gasteiger partial charge is 0.377 e. The van der Waals surface area contributed by atoms with Gasteiger partial charge in [0.1, 0.15) is 0 Å². The lowest BCUT2D eigenvalue weighted by atomic mass is 9.94. The minimum absolute atomic E-state index is 0.328. The number of rotatable bonds is 5. The van der Waals surface area contributed by atoms with Crippen LogP contribution in [-0.4, -0.2) is 19.3 Å². The van der Waals surface area contributed by atoms with Crippen molar-refractivity contribution in [3.63, 3.8) is 0 Å². The molecule has 1 aliphatic rings. The fourth-order valence-electron chi connectivity index (χ4n) is 2.26. The van der Waals surface area contributed by atoms with Crippen LogP contribution in [0.15, 0.2) is 9.85 Å². The van der Waals surface area contributed by atoms with Gasteiger partial charge in [0.2, 0.25) is 0 Å². The van der Waals surface area contributed by atoms with Gasteiger partial charge in [-0.1, -0.05) is 0 Å². The molecule has 0 spiro atoms. The van der Waals surface area contributed by atoms with E-state index in [4.69, 9.17) is 4.74 Å². The summed E-state index contributed by atoms with van der Waals surface area (Å²) in [5.41, 5.74) is 1.50. The maximum absolute atomic E-state index is 5.56. The summed E-state index contributed by atoms with van der Waals surface area (Å²) >= 11 is 5.47. The van der Waals surface area contributed by atoms with E-state index in [0.717, 1.165) is 13.2 Å². The van der Waals surface area contributed by atoms with Gasteiger partial charge in [-0.3, -0.25) is 0 Å². The van der Waals surface area contributed by atoms with Gasteiger partial charge >= 0.3 is 0 Å². The fraction of sp³-hybridized carbons (Fsp3) is 0.692. The van der Waals surface area contributed by atoms with E-state index in [9.17, 15) is 0 Å². The smallest absolute Gasteiger partial charge is 0.0704 e. The van der Waals surface area contributed by atoms with Crippen molar-refractivity contribution >= 4 is 27.3 Å². The molecule has 0 amide bonds. The maximum Gasteiger partial charge on any atom is 0.0704 e. The van der Waals surface area contributed by atoms with Crippen LogP contribution in [0.5, 0.6) is 0 Å². The van der Waals surface area contributed by atoms with Gasteiger partial charge in [-0.15, -0.1) is 11.3 Å². The molecule has 1 aliphatic carbocycles. The third-order valence-corrected chi connectivity index (χ3v) is 4.74. The van der Waals surface area contributed by atoms with Crippen LogP contribution < -0.4 is 5.32 Å². The van der Waals surface area contributed by atoms with E-state index in [1.165, 1.54) is 28.6 Å². The van der Waals surface area contributed by atoms with Crippen molar-refractivity contribution in [1.82, 2.24) is 5.32 Å². The summed E-state index contributed by atoms with van der Waals surface area (Å²) < 4.78 is 6.82. The van der Waals surface area contributed by atoms with Crippen molar-refractivity contribution in [2.45, 2.75) is 45.3 Å². The van der Waals surface area contributed by atoms with Crippen LogP contribution in [0.2, 0.25) is 0 Å². The van der Waals surface area contributed by atoms with Crippen molar-refractivity contribution in [3.05, 3.63) is 20.3 Å². The zero-order valence-corrected chi connectivity index (χ0v) is 12.9. The molecule has 0 radical (unpaired) electrons. The molecule has 1 N–H and O–H groups in total. The van der Waals surface area contributed by atoms with Gasteiger partial charge in [-0.2, -0.15) is 0 Å². The number of thiophene rings is 1. The first-order chi connectivity index (χ1) is 8.16. The third-order valence-electron chi connectivity index (χ3n) is 3.03. The van der Waals surface area contributed by atoms with Gasteiger partial charge in [-0.25, -0.2) is 0 Å². The second-order valence-electron chi connectivity index (χ2n) is 4.75. The number of nitrogens with one attached hydrogen (secondary N) is 1. The Labute approximate surface area is 116 Å². The number of fused-ring (bicyclic) bond motifs is 1. The number of aryl methyl sites for hydroxylation is 1. The summed E-state index contributed by atoms with van der Waals surface area (Å²) in [7, 11) is 0. The molecule has 0 bridgehead atoms. The van der Waals surface area contributed by atoms with Crippen molar-refractivity contribution in [2.24, 2.45) is 0 Å². The molecule has 0 fully saturated rings. The van der Waals surface area contributed by atoms with Crippen LogP contribution in [0.1, 0.15) is 43.2 Å². The molecule has 1 aromatic rings. The maximum atomic E-state index is 5.56. The topological polar surface area (TPSA) is 21.3 Å². The highest BCUT2D eigenvalue weighted by molar-refractivity contribution is 9.11. The van der Waals surface area contributed by atoms with Crippen molar-refractivity contribution in [1.29, 1.82) is 0 Å². The van der Waals surface area contributed by atoms with Crippen molar-refractivity contribution in [3.8, 4) is 0 Å². The molecule has 1 aromatic heterocycles. The molecule has 4 heteroatoms. The second kappa shape index (κ2) is 6.32. The molecule has 1 heterocycles. The lowest BCUT2D eigenvalue weighted by Gasteiger charge is -2.23. The van der Waals surface area contributed by atoms with Crippen LogP contribution in [0.3, 0.4) is 0 Å². The van der Waals surface area contributed by atoms with Gasteiger partial charge in [-0.05, 0) is 60.7 Å². The lowest BCUT2D eigenvalue weighted by Crippen LogP contribution is -2.28. The Morgan fingerprint density at radius 2 is 2.41 bits per heavy atom. The van der Waals surface area contributed by atoms with Gasteiger partial charge in [0, 0.05) is 17.5 Å². The SMILES string of the molecule is CC(C)OCCNC1CCCc2sc(Br)cc21. The highest BCUT2D eigenvalue weighted by Gasteiger charge is 2.21. The molecule has 17 heavy (non-hydrogen) atoms. The van der Waals surface area contributed by atoms with E-state index in [0.29, 0.717) is 12.1 Å². The minimum atomic E-state index is 0.328. The average Bonchev–Trinajstić information content (AvgIpc) is 2.65. The summed E-state index contributed by atoms with van der Waals surface area (Å²) in [5, 5.41) is 3.61. The van der Waals surface area contributed by atoms with Gasteiger partial charge in [0.05, 0.1) is 16.5 Å². The van der Waals surface area contributed by atoms with Gasteiger partial charge in [0.25, 0.3) is 0 Å². The van der Waals surface area contributed by atoms with E-state index in [1.54, 1.807) is 4.88 Å². The minimum Gasteiger partial charge on any atom is -0.377 e. The predicted molar refractivity (Wildman–Crippen MR) is 76.8 cm³/mol. The highest BCUT2D eigenvalue weighted by Crippen LogP contribution is 2.37. The molecule has 0 saturated heterocycles. The van der Waals surface area contributed by atoms with Crippen LogP contribution in [0.25, 0.3) is 0 Å². The summed E-state index contributed by atoms with van der Waals surface area (Å²) in [6.45, 7) is 5.90. The Morgan fingerprint density at radius 1 is 1.59 bits per heavy atom. The Bertz CT molecular complexity index is 364. The zero-order valence-electron chi connectivity index (χ0n) is 10.5. The Morgan fingerprint density at radius 3 is 3.18 bits per heavy atom. The molecule has 0 aliphatic heterocycles. The normalized spacial score (nSPS) is 19.6. The zero-order chi connectivity index (χ0) is 12.3. The average molecular weight is 318 g/mol. The summed E-state index contributed by atoms with van der Waals surface area (Å²) in [6.07, 6.45) is 4.11. The Balaban J connectivity index is 1.86. The molecule has 2 rings (SSSR count). The Kier molecular flexibility index (Phi) is 5.03. The molecular weight excluding hydrogens is 298 g/mol. The highest BCUT2D eigenvalue weighted by atomic mass is 79.9. The monoisotopic (exact) mass is 317 g/mol. The number of halogens is 1. The van der Waals surface area contributed by atoms with Crippen LogP contribution in [0, 0.1) is 0 Å². The molecule has 96 valence electrons. The molecule has 1 atom stereocenters. The van der Waals surface area contributed by atoms with Crippen LogP contribution >= 0.6 is 27.3 Å². The van der Waals surface area contributed by atoms with E-state index < -0.39 is 0 Å². The molecular formula is C13H20BrNOS. The van der Waals surface area contributed by atoms with E-state index in [2.05, 4.69) is 41.2 Å². The first kappa shape index (κ1) is 13.5. The summed E-state index contributed by atoms with van der Waals surface area (Å²) in [5.74, 6) is 0. The second-order valence-corrected chi connectivity index (χ2v) is 7.26. The van der Waals surface area contributed by atoms with E-state index in [-0.39, 0.29) is 0 Å². The first-order valence-corrected chi connectivity index (χ1v) is 7.91. The van der Waals surface area contributed by atoms with Crippen LogP contribution in [0.4, 0.5) is 0 Å². The van der Waals surface area contributed by atoms with Crippen molar-refractivity contribution < 1.29 is 4.74 Å². The van der Waals surface area contributed by atoms with Gasteiger partial charge in [0.15, 0.2) is 0 Å². The number of ether oxygens (including phenoxy) is 1. The first-order valence-electron chi connectivity index (χ1n) is 6.30. The molecule has 0 saturated carbocycles. The third kappa shape index (κ3) is 3.78. The van der Waals surface area contributed by atoms with Crippen molar-refractivity contribution in [2.75, 3.05) is 13.2 Å². The standard InChI is InChI=1S/C13H20BrNOS/c1-9(2)16-7-6-15-11-4-3-5-12-10(11)8-13(14)17-12/h8-9,11,15H,3-7H2,1-2H3.